The average Bonchev–Trinajstić information content (AvgIpc) is 2.79. The van der Waals surface area contributed by atoms with E-state index in [1.54, 1.807) is 18.4 Å². The van der Waals surface area contributed by atoms with Gasteiger partial charge in [0, 0.05) is 22.3 Å². The van der Waals surface area contributed by atoms with Crippen molar-refractivity contribution in [2.45, 2.75) is 6.42 Å². The van der Waals surface area contributed by atoms with Crippen LogP contribution in [0.4, 0.5) is 0 Å². The molecule has 1 aromatic carbocycles. The van der Waals surface area contributed by atoms with Gasteiger partial charge in [-0.2, -0.15) is 0 Å². The Labute approximate surface area is 117 Å². The van der Waals surface area contributed by atoms with Crippen molar-refractivity contribution in [3.63, 3.8) is 0 Å². The second-order valence-electron chi connectivity index (χ2n) is 3.29. The molecule has 0 atom stereocenters. The van der Waals surface area contributed by atoms with Crippen LogP contribution in [0, 0.1) is 0 Å². The molecule has 6 heteroatoms. The zero-order valence-corrected chi connectivity index (χ0v) is 12.3. The Bertz CT molecular complexity index is 518. The predicted octanol–water partition coefficient (Wildman–Crippen LogP) is 3.76. The molecule has 0 saturated heterocycles. The van der Waals surface area contributed by atoms with Crippen LogP contribution in [0.15, 0.2) is 22.7 Å². The molecular formula is C11H10BrClN2OS. The quantitative estimate of drug-likeness (QED) is 0.799. The molecule has 0 aliphatic rings. The van der Waals surface area contributed by atoms with E-state index in [0.717, 1.165) is 32.2 Å². The smallest absolute Gasteiger partial charge is 0.149 e. The van der Waals surface area contributed by atoms with Gasteiger partial charge >= 0.3 is 0 Å². The molecule has 0 spiro atoms. The number of hydrogen-bond donors (Lipinski definition) is 0. The largest absolute Gasteiger partial charge is 0.497 e. The molecule has 0 radical (unpaired) electrons. The normalized spacial score (nSPS) is 10.5. The Morgan fingerprint density at radius 1 is 1.41 bits per heavy atom. The average molecular weight is 334 g/mol. The highest BCUT2D eigenvalue weighted by Gasteiger charge is 2.10. The summed E-state index contributed by atoms with van der Waals surface area (Å²) >= 11 is 10.7. The highest BCUT2D eigenvalue weighted by atomic mass is 79.9. The van der Waals surface area contributed by atoms with Gasteiger partial charge in [0.15, 0.2) is 0 Å². The fourth-order valence-corrected chi connectivity index (χ4v) is 3.07. The first kappa shape index (κ1) is 12.8. The van der Waals surface area contributed by atoms with Gasteiger partial charge in [-0.15, -0.1) is 21.8 Å². The van der Waals surface area contributed by atoms with Gasteiger partial charge < -0.3 is 4.74 Å². The summed E-state index contributed by atoms with van der Waals surface area (Å²) in [5.74, 6) is 1.37. The highest BCUT2D eigenvalue weighted by Crippen LogP contribution is 2.33. The summed E-state index contributed by atoms with van der Waals surface area (Å²) in [6.45, 7) is 0. The molecule has 2 rings (SSSR count). The monoisotopic (exact) mass is 332 g/mol. The summed E-state index contributed by atoms with van der Waals surface area (Å²) in [7, 11) is 1.64. The SMILES string of the molecule is COc1ccc(Br)c(-c2nnc(CCCl)s2)c1. The lowest BCUT2D eigenvalue weighted by molar-refractivity contribution is 0.415. The summed E-state index contributed by atoms with van der Waals surface area (Å²) in [6, 6.07) is 5.78. The van der Waals surface area contributed by atoms with Crippen LogP contribution in [-0.4, -0.2) is 23.2 Å². The van der Waals surface area contributed by atoms with Crippen molar-refractivity contribution in [2.24, 2.45) is 0 Å². The van der Waals surface area contributed by atoms with E-state index >= 15 is 0 Å². The second kappa shape index (κ2) is 5.80. The number of hydrogen-bond acceptors (Lipinski definition) is 4. The molecule has 0 fully saturated rings. The van der Waals surface area contributed by atoms with Crippen LogP contribution < -0.4 is 4.74 Å². The molecule has 1 heterocycles. The Morgan fingerprint density at radius 3 is 2.94 bits per heavy atom. The number of benzene rings is 1. The van der Waals surface area contributed by atoms with Gasteiger partial charge in [-0.3, -0.25) is 0 Å². The zero-order valence-electron chi connectivity index (χ0n) is 9.11. The number of methoxy groups -OCH3 is 1. The lowest BCUT2D eigenvalue weighted by atomic mass is 10.2. The molecule has 0 saturated carbocycles. The molecule has 0 unspecified atom stereocenters. The Hall–Kier alpha value is -0.650. The summed E-state index contributed by atoms with van der Waals surface area (Å²) in [4.78, 5) is 0. The van der Waals surface area contributed by atoms with Gasteiger partial charge in [0.2, 0.25) is 0 Å². The molecule has 2 aromatic rings. The van der Waals surface area contributed by atoms with Crippen molar-refractivity contribution in [3.8, 4) is 16.3 Å². The van der Waals surface area contributed by atoms with E-state index in [0.29, 0.717) is 5.88 Å². The number of halogens is 2. The highest BCUT2D eigenvalue weighted by molar-refractivity contribution is 9.10. The van der Waals surface area contributed by atoms with E-state index < -0.39 is 0 Å². The lowest BCUT2D eigenvalue weighted by Crippen LogP contribution is -1.85. The minimum Gasteiger partial charge on any atom is -0.497 e. The van der Waals surface area contributed by atoms with Crippen molar-refractivity contribution in [2.75, 3.05) is 13.0 Å². The molecule has 0 aliphatic heterocycles. The van der Waals surface area contributed by atoms with Gasteiger partial charge in [-0.1, -0.05) is 27.3 Å². The molecule has 17 heavy (non-hydrogen) atoms. The molecule has 0 N–H and O–H groups in total. The maximum absolute atomic E-state index is 5.68. The van der Waals surface area contributed by atoms with Crippen molar-refractivity contribution in [3.05, 3.63) is 27.7 Å². The molecule has 1 aromatic heterocycles. The van der Waals surface area contributed by atoms with Crippen molar-refractivity contribution < 1.29 is 4.74 Å². The molecule has 90 valence electrons. The number of aryl methyl sites for hydroxylation is 1. The third-order valence-electron chi connectivity index (χ3n) is 2.18. The number of ether oxygens (including phenoxy) is 1. The second-order valence-corrected chi connectivity index (χ2v) is 5.58. The van der Waals surface area contributed by atoms with Crippen molar-refractivity contribution in [1.82, 2.24) is 10.2 Å². The third kappa shape index (κ3) is 2.97. The van der Waals surface area contributed by atoms with E-state index in [4.69, 9.17) is 16.3 Å². The minimum absolute atomic E-state index is 0.563. The summed E-state index contributed by atoms with van der Waals surface area (Å²) in [6.07, 6.45) is 0.751. The molecule has 0 aliphatic carbocycles. The standard InChI is InChI=1S/C11H10BrClN2OS/c1-16-7-2-3-9(12)8(6-7)11-15-14-10(17-11)4-5-13/h2-3,6H,4-5H2,1H3. The van der Waals surface area contributed by atoms with Crippen molar-refractivity contribution >= 4 is 38.9 Å². The first-order valence-electron chi connectivity index (χ1n) is 4.97. The summed E-state index contributed by atoms with van der Waals surface area (Å²) in [5.41, 5.74) is 0.989. The summed E-state index contributed by atoms with van der Waals surface area (Å²) in [5, 5.41) is 10.1. The molecular weight excluding hydrogens is 324 g/mol. The molecule has 3 nitrogen and oxygen atoms in total. The van der Waals surface area contributed by atoms with Crippen LogP contribution in [0.3, 0.4) is 0 Å². The Balaban J connectivity index is 2.37. The van der Waals surface area contributed by atoms with Crippen LogP contribution in [-0.2, 0) is 6.42 Å². The van der Waals surface area contributed by atoms with E-state index in [1.807, 2.05) is 18.2 Å². The van der Waals surface area contributed by atoms with E-state index in [2.05, 4.69) is 26.1 Å². The van der Waals surface area contributed by atoms with Gasteiger partial charge in [0.25, 0.3) is 0 Å². The van der Waals surface area contributed by atoms with Gasteiger partial charge in [0.1, 0.15) is 15.8 Å². The van der Waals surface area contributed by atoms with Crippen molar-refractivity contribution in [1.29, 1.82) is 0 Å². The summed E-state index contributed by atoms with van der Waals surface area (Å²) < 4.78 is 6.18. The first-order chi connectivity index (χ1) is 8.24. The van der Waals surface area contributed by atoms with Gasteiger partial charge in [0.05, 0.1) is 7.11 Å². The van der Waals surface area contributed by atoms with E-state index in [1.165, 1.54) is 0 Å². The maximum atomic E-state index is 5.68. The topological polar surface area (TPSA) is 35.0 Å². The zero-order chi connectivity index (χ0) is 12.3. The van der Waals surface area contributed by atoms with Gasteiger partial charge in [-0.05, 0) is 18.2 Å². The fraction of sp³-hybridized carbons (Fsp3) is 0.273. The predicted molar refractivity (Wildman–Crippen MR) is 74.0 cm³/mol. The minimum atomic E-state index is 0.563. The molecule has 0 amide bonds. The van der Waals surface area contributed by atoms with Crippen LogP contribution >= 0.6 is 38.9 Å². The maximum Gasteiger partial charge on any atom is 0.149 e. The van der Waals surface area contributed by atoms with Crippen LogP contribution in [0.5, 0.6) is 5.75 Å². The van der Waals surface area contributed by atoms with E-state index in [9.17, 15) is 0 Å². The Morgan fingerprint density at radius 2 is 2.24 bits per heavy atom. The number of aromatic nitrogens is 2. The molecule has 0 bridgehead atoms. The van der Waals surface area contributed by atoms with Crippen LogP contribution in [0.25, 0.3) is 10.6 Å². The number of alkyl halides is 1. The van der Waals surface area contributed by atoms with Gasteiger partial charge in [-0.25, -0.2) is 0 Å². The fourth-order valence-electron chi connectivity index (χ4n) is 1.34. The first-order valence-corrected chi connectivity index (χ1v) is 7.11. The van der Waals surface area contributed by atoms with Crippen LogP contribution in [0.2, 0.25) is 0 Å². The van der Waals surface area contributed by atoms with Crippen LogP contribution in [0.1, 0.15) is 5.01 Å². The number of rotatable bonds is 4. The third-order valence-corrected chi connectivity index (χ3v) is 4.08. The number of nitrogens with zero attached hydrogens (tertiary/aromatic N) is 2. The Kier molecular flexibility index (Phi) is 4.36. The van der Waals surface area contributed by atoms with E-state index in [-0.39, 0.29) is 0 Å². The lowest BCUT2D eigenvalue weighted by Gasteiger charge is -2.03.